The molecule has 1 saturated carbocycles. The number of hydrogen-bond acceptors (Lipinski definition) is 4. The molecule has 1 rings (SSSR count). The molecule has 0 spiro atoms. The number of nitrogens with one attached hydrogen (secondary N) is 1. The highest BCUT2D eigenvalue weighted by Gasteiger charge is 2.24. The zero-order chi connectivity index (χ0) is 9.90. The van der Waals surface area contributed by atoms with Crippen LogP contribution in [-0.4, -0.2) is 32.8 Å². The second kappa shape index (κ2) is 4.36. The van der Waals surface area contributed by atoms with Gasteiger partial charge in [-0.1, -0.05) is 0 Å². The number of nitrogens with two attached hydrogens (primary N) is 2. The van der Waals surface area contributed by atoms with Crippen molar-refractivity contribution in [3.63, 3.8) is 0 Å². The standard InChI is InChI=1S/C7H17N3O2S/c8-6-4-7(5-6)10-2-1-3-13(9,11)12/h6-7,10H,1-5,8H2,(H2,9,11,12). The Morgan fingerprint density at radius 1 is 1.38 bits per heavy atom. The monoisotopic (exact) mass is 207 g/mol. The third-order valence-corrected chi connectivity index (χ3v) is 3.07. The maximum atomic E-state index is 10.5. The Hall–Kier alpha value is -0.170. The molecule has 0 aliphatic heterocycles. The molecule has 78 valence electrons. The van der Waals surface area contributed by atoms with Gasteiger partial charge in [-0.2, -0.15) is 0 Å². The maximum Gasteiger partial charge on any atom is 0.209 e. The summed E-state index contributed by atoms with van der Waals surface area (Å²) >= 11 is 0. The van der Waals surface area contributed by atoms with E-state index in [0.29, 0.717) is 25.0 Å². The van der Waals surface area contributed by atoms with E-state index >= 15 is 0 Å². The molecule has 0 heterocycles. The van der Waals surface area contributed by atoms with E-state index in [9.17, 15) is 8.42 Å². The summed E-state index contributed by atoms with van der Waals surface area (Å²) in [5.41, 5.74) is 5.59. The predicted molar refractivity (Wildman–Crippen MR) is 51.6 cm³/mol. The zero-order valence-corrected chi connectivity index (χ0v) is 8.39. The van der Waals surface area contributed by atoms with Crippen LogP contribution in [0.15, 0.2) is 0 Å². The van der Waals surface area contributed by atoms with Crippen molar-refractivity contribution in [3.05, 3.63) is 0 Å². The minimum atomic E-state index is -3.29. The van der Waals surface area contributed by atoms with E-state index < -0.39 is 10.0 Å². The summed E-state index contributed by atoms with van der Waals surface area (Å²) in [6.07, 6.45) is 2.56. The summed E-state index contributed by atoms with van der Waals surface area (Å²) in [7, 11) is -3.29. The van der Waals surface area contributed by atoms with Gasteiger partial charge < -0.3 is 11.1 Å². The molecule has 0 amide bonds. The molecule has 5 nitrogen and oxygen atoms in total. The number of rotatable bonds is 5. The van der Waals surface area contributed by atoms with E-state index in [-0.39, 0.29) is 5.75 Å². The predicted octanol–water partition coefficient (Wildman–Crippen LogP) is -1.26. The van der Waals surface area contributed by atoms with E-state index in [4.69, 9.17) is 10.9 Å². The van der Waals surface area contributed by atoms with Crippen molar-refractivity contribution in [2.24, 2.45) is 10.9 Å². The number of sulfonamides is 1. The van der Waals surface area contributed by atoms with Crippen molar-refractivity contribution >= 4 is 10.0 Å². The average Bonchev–Trinajstić information content (AvgIpc) is 1.91. The van der Waals surface area contributed by atoms with Crippen LogP contribution >= 0.6 is 0 Å². The molecule has 0 radical (unpaired) electrons. The van der Waals surface area contributed by atoms with Crippen LogP contribution in [0, 0.1) is 0 Å². The molecule has 0 aromatic rings. The van der Waals surface area contributed by atoms with Gasteiger partial charge in [0.1, 0.15) is 0 Å². The normalized spacial score (nSPS) is 28.5. The summed E-state index contributed by atoms with van der Waals surface area (Å²) in [5, 5.41) is 8.07. The Morgan fingerprint density at radius 2 is 2.00 bits per heavy atom. The van der Waals surface area contributed by atoms with E-state index in [2.05, 4.69) is 5.32 Å². The van der Waals surface area contributed by atoms with Crippen molar-refractivity contribution in [1.29, 1.82) is 0 Å². The Labute approximate surface area is 78.9 Å². The van der Waals surface area contributed by atoms with Gasteiger partial charge in [0.15, 0.2) is 0 Å². The lowest BCUT2D eigenvalue weighted by Gasteiger charge is -2.33. The first-order valence-corrected chi connectivity index (χ1v) is 6.18. The fourth-order valence-electron chi connectivity index (χ4n) is 1.41. The molecule has 0 atom stereocenters. The van der Waals surface area contributed by atoms with Crippen LogP contribution in [0.25, 0.3) is 0 Å². The van der Waals surface area contributed by atoms with Gasteiger partial charge >= 0.3 is 0 Å². The van der Waals surface area contributed by atoms with Crippen LogP contribution in [0.4, 0.5) is 0 Å². The van der Waals surface area contributed by atoms with Crippen molar-refractivity contribution in [1.82, 2.24) is 5.32 Å². The third-order valence-electron chi connectivity index (χ3n) is 2.21. The summed E-state index contributed by atoms with van der Waals surface area (Å²) in [4.78, 5) is 0. The van der Waals surface area contributed by atoms with E-state index in [1.807, 2.05) is 0 Å². The van der Waals surface area contributed by atoms with Crippen molar-refractivity contribution < 1.29 is 8.42 Å². The zero-order valence-electron chi connectivity index (χ0n) is 7.57. The molecule has 6 heteroatoms. The lowest BCUT2D eigenvalue weighted by molar-refractivity contribution is 0.293. The summed E-state index contributed by atoms with van der Waals surface area (Å²) in [6, 6.07) is 0.811. The molecule has 0 saturated heterocycles. The van der Waals surface area contributed by atoms with E-state index in [1.54, 1.807) is 0 Å². The average molecular weight is 207 g/mol. The lowest BCUT2D eigenvalue weighted by Crippen LogP contribution is -2.48. The van der Waals surface area contributed by atoms with Crippen molar-refractivity contribution in [2.45, 2.75) is 31.3 Å². The van der Waals surface area contributed by atoms with E-state index in [1.165, 1.54) is 0 Å². The first kappa shape index (κ1) is 10.9. The molecular formula is C7H17N3O2S. The largest absolute Gasteiger partial charge is 0.328 e. The molecule has 0 aromatic heterocycles. The highest BCUT2D eigenvalue weighted by Crippen LogP contribution is 2.16. The van der Waals surface area contributed by atoms with E-state index in [0.717, 1.165) is 12.8 Å². The highest BCUT2D eigenvalue weighted by molar-refractivity contribution is 7.89. The van der Waals surface area contributed by atoms with Gasteiger partial charge in [0.2, 0.25) is 10.0 Å². The van der Waals surface area contributed by atoms with Gasteiger partial charge in [0.25, 0.3) is 0 Å². The fraction of sp³-hybridized carbons (Fsp3) is 1.00. The Balaban J connectivity index is 1.96. The SMILES string of the molecule is NC1CC(NCCCS(N)(=O)=O)C1. The second-order valence-corrected chi connectivity index (χ2v) is 5.34. The Bertz CT molecular complexity index is 246. The van der Waals surface area contributed by atoms with Gasteiger partial charge in [-0.25, -0.2) is 13.6 Å². The van der Waals surface area contributed by atoms with Gasteiger partial charge in [-0.3, -0.25) is 0 Å². The quantitative estimate of drug-likeness (QED) is 0.490. The fourth-order valence-corrected chi connectivity index (χ4v) is 1.95. The molecular weight excluding hydrogens is 190 g/mol. The van der Waals surface area contributed by atoms with Gasteiger partial charge in [0, 0.05) is 12.1 Å². The summed E-state index contributed by atoms with van der Waals surface area (Å²) < 4.78 is 21.1. The highest BCUT2D eigenvalue weighted by atomic mass is 32.2. The molecule has 0 unspecified atom stereocenters. The first-order valence-electron chi connectivity index (χ1n) is 4.47. The second-order valence-electron chi connectivity index (χ2n) is 3.60. The minimum Gasteiger partial charge on any atom is -0.328 e. The lowest BCUT2D eigenvalue weighted by atomic mass is 9.88. The number of primary sulfonamides is 1. The molecule has 0 aromatic carbocycles. The molecule has 5 N–H and O–H groups in total. The topological polar surface area (TPSA) is 98.2 Å². The molecule has 0 bridgehead atoms. The molecule has 13 heavy (non-hydrogen) atoms. The third kappa shape index (κ3) is 4.56. The number of hydrogen-bond donors (Lipinski definition) is 3. The molecule has 1 aliphatic carbocycles. The maximum absolute atomic E-state index is 10.5. The molecule has 1 fully saturated rings. The Kier molecular flexibility index (Phi) is 3.66. The Morgan fingerprint density at radius 3 is 2.46 bits per heavy atom. The minimum absolute atomic E-state index is 0.0543. The van der Waals surface area contributed by atoms with Gasteiger partial charge in [-0.15, -0.1) is 0 Å². The van der Waals surface area contributed by atoms with Crippen LogP contribution in [-0.2, 0) is 10.0 Å². The van der Waals surface area contributed by atoms with Crippen molar-refractivity contribution in [2.75, 3.05) is 12.3 Å². The smallest absolute Gasteiger partial charge is 0.209 e. The van der Waals surface area contributed by atoms with Crippen molar-refractivity contribution in [3.8, 4) is 0 Å². The van der Waals surface area contributed by atoms with Crippen LogP contribution in [0.1, 0.15) is 19.3 Å². The van der Waals surface area contributed by atoms with Crippen LogP contribution in [0.2, 0.25) is 0 Å². The van der Waals surface area contributed by atoms with Gasteiger partial charge in [0.05, 0.1) is 5.75 Å². The van der Waals surface area contributed by atoms with Crippen LogP contribution in [0.3, 0.4) is 0 Å². The van der Waals surface area contributed by atoms with Gasteiger partial charge in [-0.05, 0) is 25.8 Å². The molecule has 1 aliphatic rings. The van der Waals surface area contributed by atoms with Crippen LogP contribution in [0.5, 0.6) is 0 Å². The summed E-state index contributed by atoms with van der Waals surface area (Å²) in [5.74, 6) is 0.0543. The first-order chi connectivity index (χ1) is 5.97. The van der Waals surface area contributed by atoms with Crippen LogP contribution < -0.4 is 16.2 Å². The summed E-state index contributed by atoms with van der Waals surface area (Å²) in [6.45, 7) is 0.702.